The molecule has 80 valence electrons. The van der Waals surface area contributed by atoms with Gasteiger partial charge in [0.05, 0.1) is 12.0 Å². The fraction of sp³-hybridized carbons (Fsp3) is 0.889. The largest absolute Gasteiger partial charge is 0.395 e. The van der Waals surface area contributed by atoms with Crippen molar-refractivity contribution in [3.63, 3.8) is 0 Å². The van der Waals surface area contributed by atoms with Gasteiger partial charge < -0.3 is 16.2 Å². The predicted molar refractivity (Wildman–Crippen MR) is 54.3 cm³/mol. The molecule has 0 fully saturated rings. The monoisotopic (exact) mass is 190 g/mol. The lowest BCUT2D eigenvalue weighted by Gasteiger charge is -2.20. The Bertz CT molecular complexity index is 136. The average Bonchev–Trinajstić information content (AvgIpc) is 2.17. The Balaban J connectivity index is 0. The lowest BCUT2D eigenvalue weighted by atomic mass is 9.93. The second kappa shape index (κ2) is 8.01. The van der Waals surface area contributed by atoms with E-state index in [0.29, 0.717) is 13.1 Å². The maximum absolute atomic E-state index is 11.2. The topological polar surface area (TPSA) is 75.4 Å². The highest BCUT2D eigenvalue weighted by Crippen LogP contribution is 2.11. The summed E-state index contributed by atoms with van der Waals surface area (Å²) in [5.74, 6) is -0.117. The van der Waals surface area contributed by atoms with E-state index >= 15 is 0 Å². The van der Waals surface area contributed by atoms with Crippen molar-refractivity contribution in [3.8, 4) is 0 Å². The van der Waals surface area contributed by atoms with Crippen LogP contribution >= 0.6 is 0 Å². The lowest BCUT2D eigenvalue weighted by molar-refractivity contribution is -0.129. The number of nitrogens with one attached hydrogen (secondary N) is 1. The summed E-state index contributed by atoms with van der Waals surface area (Å²) >= 11 is 0. The zero-order valence-corrected chi connectivity index (χ0v) is 9.05. The molecule has 0 aromatic rings. The van der Waals surface area contributed by atoms with Crippen molar-refractivity contribution >= 4 is 5.91 Å². The molecule has 13 heavy (non-hydrogen) atoms. The Labute approximate surface area is 80.5 Å². The number of nitrogens with two attached hydrogens (primary N) is 1. The third kappa shape index (κ3) is 6.54. The molecule has 0 saturated carbocycles. The van der Waals surface area contributed by atoms with Crippen LogP contribution in [0.25, 0.3) is 0 Å². The number of aliphatic hydroxyl groups is 1. The van der Waals surface area contributed by atoms with Gasteiger partial charge in [0.15, 0.2) is 0 Å². The van der Waals surface area contributed by atoms with Crippen LogP contribution in [-0.4, -0.2) is 30.7 Å². The van der Waals surface area contributed by atoms with E-state index in [4.69, 9.17) is 10.8 Å². The first-order valence-corrected chi connectivity index (χ1v) is 4.64. The molecule has 0 heterocycles. The van der Waals surface area contributed by atoms with E-state index in [0.717, 1.165) is 0 Å². The van der Waals surface area contributed by atoms with Crippen molar-refractivity contribution in [2.24, 2.45) is 11.1 Å². The first-order valence-electron chi connectivity index (χ1n) is 4.64. The van der Waals surface area contributed by atoms with Crippen molar-refractivity contribution < 1.29 is 9.90 Å². The van der Waals surface area contributed by atoms with Crippen molar-refractivity contribution in [1.29, 1.82) is 0 Å². The SMILES string of the molecule is CC.CC(C)(CN)C(=O)NCCO. The maximum Gasteiger partial charge on any atom is 0.227 e. The number of amides is 1. The van der Waals surface area contributed by atoms with Gasteiger partial charge in [0.1, 0.15) is 0 Å². The number of rotatable bonds is 4. The molecule has 4 N–H and O–H groups in total. The van der Waals surface area contributed by atoms with Gasteiger partial charge in [0.2, 0.25) is 5.91 Å². The van der Waals surface area contributed by atoms with E-state index in [1.54, 1.807) is 13.8 Å². The van der Waals surface area contributed by atoms with Crippen LogP contribution in [0.15, 0.2) is 0 Å². The summed E-state index contributed by atoms with van der Waals surface area (Å²) < 4.78 is 0. The Hall–Kier alpha value is -0.610. The highest BCUT2D eigenvalue weighted by Gasteiger charge is 2.24. The summed E-state index contributed by atoms with van der Waals surface area (Å²) in [4.78, 5) is 11.2. The molecule has 4 nitrogen and oxygen atoms in total. The molecule has 0 aliphatic carbocycles. The highest BCUT2D eigenvalue weighted by atomic mass is 16.3. The summed E-state index contributed by atoms with van der Waals surface area (Å²) in [7, 11) is 0. The van der Waals surface area contributed by atoms with E-state index in [1.165, 1.54) is 0 Å². The summed E-state index contributed by atoms with van der Waals surface area (Å²) in [6, 6.07) is 0. The first-order chi connectivity index (χ1) is 6.04. The van der Waals surface area contributed by atoms with Gasteiger partial charge in [-0.3, -0.25) is 4.79 Å². The van der Waals surface area contributed by atoms with Gasteiger partial charge in [-0.05, 0) is 13.8 Å². The van der Waals surface area contributed by atoms with Gasteiger partial charge in [-0.2, -0.15) is 0 Å². The van der Waals surface area contributed by atoms with Crippen LogP contribution < -0.4 is 11.1 Å². The summed E-state index contributed by atoms with van der Waals surface area (Å²) in [5, 5.41) is 11.0. The molecule has 0 atom stereocenters. The summed E-state index contributed by atoms with van der Waals surface area (Å²) in [5.41, 5.74) is 4.82. The van der Waals surface area contributed by atoms with Gasteiger partial charge in [0, 0.05) is 13.1 Å². The molecule has 0 aliphatic heterocycles. The number of carbonyl (C=O) groups is 1. The standard InChI is InChI=1S/C7H16N2O2.C2H6/c1-7(2,5-8)6(11)9-3-4-10;1-2/h10H,3-5,8H2,1-2H3,(H,9,11);1-2H3. The second-order valence-electron chi connectivity index (χ2n) is 3.07. The number of hydrogen-bond donors (Lipinski definition) is 3. The number of hydrogen-bond acceptors (Lipinski definition) is 3. The fourth-order valence-corrected chi connectivity index (χ4v) is 0.501. The third-order valence-electron chi connectivity index (χ3n) is 1.52. The minimum atomic E-state index is -0.533. The van der Waals surface area contributed by atoms with Crippen LogP contribution in [0.5, 0.6) is 0 Å². The van der Waals surface area contributed by atoms with Crippen LogP contribution in [0.1, 0.15) is 27.7 Å². The van der Waals surface area contributed by atoms with Gasteiger partial charge in [0.25, 0.3) is 0 Å². The molecule has 0 aliphatic rings. The van der Waals surface area contributed by atoms with E-state index < -0.39 is 5.41 Å². The molecule has 4 heteroatoms. The Morgan fingerprint density at radius 1 is 1.46 bits per heavy atom. The molecular formula is C9H22N2O2. The van der Waals surface area contributed by atoms with E-state index in [2.05, 4.69) is 5.32 Å². The lowest BCUT2D eigenvalue weighted by Crippen LogP contribution is -2.42. The molecule has 0 spiro atoms. The predicted octanol–water partition coefficient (Wildman–Crippen LogP) is 0.106. The van der Waals surface area contributed by atoms with Gasteiger partial charge in [-0.15, -0.1) is 0 Å². The van der Waals surface area contributed by atoms with Crippen molar-refractivity contribution in [2.45, 2.75) is 27.7 Å². The van der Waals surface area contributed by atoms with E-state index in [-0.39, 0.29) is 12.5 Å². The van der Waals surface area contributed by atoms with Crippen molar-refractivity contribution in [3.05, 3.63) is 0 Å². The molecule has 0 rings (SSSR count). The van der Waals surface area contributed by atoms with Gasteiger partial charge in [-0.1, -0.05) is 13.8 Å². The fourth-order valence-electron chi connectivity index (χ4n) is 0.501. The molecule has 0 aromatic carbocycles. The Kier molecular flexibility index (Phi) is 9.17. The second-order valence-corrected chi connectivity index (χ2v) is 3.07. The smallest absolute Gasteiger partial charge is 0.227 e. The van der Waals surface area contributed by atoms with Crippen LogP contribution in [0.4, 0.5) is 0 Å². The molecule has 1 amide bonds. The van der Waals surface area contributed by atoms with E-state index in [9.17, 15) is 4.79 Å². The third-order valence-corrected chi connectivity index (χ3v) is 1.52. The molecule has 0 unspecified atom stereocenters. The zero-order valence-electron chi connectivity index (χ0n) is 9.05. The van der Waals surface area contributed by atoms with Crippen molar-refractivity contribution in [1.82, 2.24) is 5.32 Å². The number of aliphatic hydroxyl groups excluding tert-OH is 1. The summed E-state index contributed by atoms with van der Waals surface area (Å²) in [6.07, 6.45) is 0. The zero-order chi connectivity index (χ0) is 10.9. The maximum atomic E-state index is 11.2. The Morgan fingerprint density at radius 2 is 1.92 bits per heavy atom. The average molecular weight is 190 g/mol. The molecular weight excluding hydrogens is 168 g/mol. The van der Waals surface area contributed by atoms with Crippen LogP contribution in [-0.2, 0) is 4.79 Å². The quantitative estimate of drug-likeness (QED) is 0.589. The minimum absolute atomic E-state index is 0.0353. The van der Waals surface area contributed by atoms with Crippen LogP contribution in [0, 0.1) is 5.41 Å². The molecule has 0 radical (unpaired) electrons. The molecule has 0 bridgehead atoms. The van der Waals surface area contributed by atoms with E-state index in [1.807, 2.05) is 13.8 Å². The molecule has 0 aromatic heterocycles. The van der Waals surface area contributed by atoms with Crippen LogP contribution in [0.2, 0.25) is 0 Å². The molecule has 0 saturated heterocycles. The first kappa shape index (κ1) is 14.9. The van der Waals surface area contributed by atoms with Gasteiger partial charge in [-0.25, -0.2) is 0 Å². The summed E-state index contributed by atoms with van der Waals surface area (Å²) in [6.45, 7) is 8.10. The highest BCUT2D eigenvalue weighted by molar-refractivity contribution is 5.81. The van der Waals surface area contributed by atoms with Crippen molar-refractivity contribution in [2.75, 3.05) is 19.7 Å². The Morgan fingerprint density at radius 3 is 2.23 bits per heavy atom. The van der Waals surface area contributed by atoms with Crippen LogP contribution in [0.3, 0.4) is 0 Å². The number of carbonyl (C=O) groups excluding carboxylic acids is 1. The normalized spacial score (nSPS) is 10.0. The minimum Gasteiger partial charge on any atom is -0.395 e. The van der Waals surface area contributed by atoms with Gasteiger partial charge >= 0.3 is 0 Å².